The Morgan fingerprint density at radius 3 is 2.65 bits per heavy atom. The van der Waals surface area contributed by atoms with Crippen molar-refractivity contribution in [1.29, 1.82) is 0 Å². The van der Waals surface area contributed by atoms with Gasteiger partial charge in [0, 0.05) is 39.5 Å². The van der Waals surface area contributed by atoms with E-state index in [1.165, 1.54) is 11.1 Å². The molecule has 1 aliphatic rings. The number of aryl methyl sites for hydroxylation is 2. The van der Waals surface area contributed by atoms with Gasteiger partial charge < -0.3 is 14.6 Å². The molecule has 0 bridgehead atoms. The number of nitrogens with zero attached hydrogens (tertiary/aromatic N) is 1. The van der Waals surface area contributed by atoms with Gasteiger partial charge >= 0.3 is 0 Å². The van der Waals surface area contributed by atoms with Gasteiger partial charge in [-0.2, -0.15) is 0 Å². The van der Waals surface area contributed by atoms with Crippen LogP contribution in [0, 0.1) is 13.8 Å². The van der Waals surface area contributed by atoms with Gasteiger partial charge in [0.1, 0.15) is 12.4 Å². The number of carbonyl (C=O) groups excluding carboxylic acids is 1. The maximum atomic E-state index is 12.6. The summed E-state index contributed by atoms with van der Waals surface area (Å²) in [7, 11) is 0. The van der Waals surface area contributed by atoms with Gasteiger partial charge in [-0.15, -0.1) is 0 Å². The number of benzene rings is 3. The Balaban J connectivity index is 1.43. The number of nitrogens with one attached hydrogen (secondary N) is 1. The number of amides is 1. The van der Waals surface area contributed by atoms with Gasteiger partial charge in [-0.1, -0.05) is 42.5 Å². The van der Waals surface area contributed by atoms with Crippen LogP contribution in [0.15, 0.2) is 72.9 Å². The molecule has 5 rings (SSSR count). The molecule has 154 valence electrons. The molecule has 0 fully saturated rings. The number of anilines is 1. The number of para-hydroxylation sites is 2. The first-order valence-electron chi connectivity index (χ1n) is 10.5. The molecule has 0 unspecified atom stereocenters. The fourth-order valence-corrected chi connectivity index (χ4v) is 4.08. The van der Waals surface area contributed by atoms with Crippen molar-refractivity contribution in [3.8, 4) is 5.75 Å². The number of fused-ring (bicyclic) bond motifs is 2. The first kappa shape index (κ1) is 19.2. The topological polar surface area (TPSA) is 43.3 Å². The average Bonchev–Trinajstić information content (AvgIpc) is 3.28. The summed E-state index contributed by atoms with van der Waals surface area (Å²) in [6, 6.07) is 22.3. The number of hydrogen-bond donors (Lipinski definition) is 1. The number of carbonyl (C=O) groups is 1. The molecule has 0 aliphatic carbocycles. The predicted molar refractivity (Wildman–Crippen MR) is 126 cm³/mol. The summed E-state index contributed by atoms with van der Waals surface area (Å²) in [5.41, 5.74) is 7.16. The highest BCUT2D eigenvalue weighted by Crippen LogP contribution is 2.34. The van der Waals surface area contributed by atoms with Gasteiger partial charge in [-0.25, -0.2) is 0 Å². The summed E-state index contributed by atoms with van der Waals surface area (Å²) in [6.07, 6.45) is 4.10. The predicted octanol–water partition coefficient (Wildman–Crippen LogP) is 5.83. The minimum absolute atomic E-state index is 0.0592. The van der Waals surface area contributed by atoms with E-state index in [2.05, 4.69) is 54.2 Å². The quantitative estimate of drug-likeness (QED) is 0.422. The van der Waals surface area contributed by atoms with Crippen LogP contribution in [0.1, 0.15) is 22.3 Å². The van der Waals surface area contributed by atoms with Crippen molar-refractivity contribution in [2.24, 2.45) is 0 Å². The minimum Gasteiger partial charge on any atom is -0.492 e. The highest BCUT2D eigenvalue weighted by Gasteiger charge is 2.23. The van der Waals surface area contributed by atoms with Crippen LogP contribution in [0.3, 0.4) is 0 Å². The lowest BCUT2D eigenvalue weighted by Gasteiger charge is -2.10. The third-order valence-electron chi connectivity index (χ3n) is 5.91. The zero-order valence-electron chi connectivity index (χ0n) is 17.7. The van der Waals surface area contributed by atoms with Crippen LogP contribution in [0.5, 0.6) is 5.75 Å². The summed E-state index contributed by atoms with van der Waals surface area (Å²) in [4.78, 5) is 12.6. The lowest BCUT2D eigenvalue weighted by atomic mass is 10.0. The van der Waals surface area contributed by atoms with Crippen molar-refractivity contribution in [2.45, 2.75) is 20.4 Å². The molecule has 3 aromatic carbocycles. The average molecular weight is 409 g/mol. The zero-order valence-corrected chi connectivity index (χ0v) is 17.7. The van der Waals surface area contributed by atoms with Crippen LogP contribution in [0.2, 0.25) is 0 Å². The van der Waals surface area contributed by atoms with Gasteiger partial charge in [-0.3, -0.25) is 4.79 Å². The summed E-state index contributed by atoms with van der Waals surface area (Å²) < 4.78 is 8.20. The molecule has 0 saturated carbocycles. The maximum Gasteiger partial charge on any atom is 0.256 e. The molecule has 1 amide bonds. The molecule has 0 saturated heterocycles. The van der Waals surface area contributed by atoms with E-state index in [4.69, 9.17) is 4.74 Å². The second-order valence-electron chi connectivity index (χ2n) is 7.95. The van der Waals surface area contributed by atoms with E-state index >= 15 is 0 Å². The molecule has 2 heterocycles. The van der Waals surface area contributed by atoms with E-state index in [1.807, 2.05) is 48.5 Å². The van der Waals surface area contributed by atoms with Crippen LogP contribution in [-0.4, -0.2) is 17.1 Å². The normalized spacial score (nSPS) is 14.1. The van der Waals surface area contributed by atoms with Gasteiger partial charge in [0.05, 0.1) is 6.54 Å². The number of hydrogen-bond acceptors (Lipinski definition) is 2. The molecule has 31 heavy (non-hydrogen) atoms. The summed E-state index contributed by atoms with van der Waals surface area (Å²) in [5.74, 6) is 0.831. The lowest BCUT2D eigenvalue weighted by molar-refractivity contribution is -0.110. The first-order chi connectivity index (χ1) is 15.1. The largest absolute Gasteiger partial charge is 0.492 e. The van der Waals surface area contributed by atoms with Crippen molar-refractivity contribution in [3.63, 3.8) is 0 Å². The second kappa shape index (κ2) is 7.80. The van der Waals surface area contributed by atoms with E-state index in [1.54, 1.807) is 0 Å². The fraction of sp³-hybridized carbons (Fsp3) is 0.148. The Bertz CT molecular complexity index is 1330. The first-order valence-corrected chi connectivity index (χ1v) is 10.5. The molecule has 0 atom stereocenters. The Labute approximate surface area is 181 Å². The number of ether oxygens (including phenoxy) is 1. The van der Waals surface area contributed by atoms with Crippen LogP contribution in [0.25, 0.3) is 22.6 Å². The third-order valence-corrected chi connectivity index (χ3v) is 5.91. The molecule has 0 spiro atoms. The molecular weight excluding hydrogens is 384 g/mol. The van der Waals surface area contributed by atoms with Crippen molar-refractivity contribution < 1.29 is 9.53 Å². The molecule has 1 aliphatic heterocycles. The van der Waals surface area contributed by atoms with Gasteiger partial charge in [0.25, 0.3) is 5.91 Å². The Hall–Kier alpha value is -3.79. The molecular formula is C27H24N2O2. The van der Waals surface area contributed by atoms with E-state index in [0.717, 1.165) is 40.0 Å². The van der Waals surface area contributed by atoms with Crippen LogP contribution < -0.4 is 10.1 Å². The smallest absolute Gasteiger partial charge is 0.256 e. The van der Waals surface area contributed by atoms with E-state index in [9.17, 15) is 4.79 Å². The molecule has 4 heteroatoms. The highest BCUT2D eigenvalue weighted by atomic mass is 16.5. The summed E-state index contributed by atoms with van der Waals surface area (Å²) in [6.45, 7) is 5.49. The SMILES string of the molecule is Cc1ccc(OCCn2cc(/C=C3/C(=O)Nc4ccccc43)c3ccccc32)cc1C. The number of aromatic nitrogens is 1. The van der Waals surface area contributed by atoms with Gasteiger partial charge in [0.2, 0.25) is 0 Å². The van der Waals surface area contributed by atoms with Crippen LogP contribution >= 0.6 is 0 Å². The van der Waals surface area contributed by atoms with Gasteiger partial charge in [-0.05, 0) is 55.3 Å². The monoisotopic (exact) mass is 408 g/mol. The molecule has 1 aromatic heterocycles. The summed E-state index contributed by atoms with van der Waals surface area (Å²) >= 11 is 0. The standard InChI is InChI=1S/C27H24N2O2/c1-18-11-12-21(15-19(18)2)31-14-13-29-17-20(22-7-4-6-10-26(22)29)16-24-23-8-3-5-9-25(23)28-27(24)30/h3-12,15-17H,13-14H2,1-2H3,(H,28,30)/b24-16+. The maximum absolute atomic E-state index is 12.6. The van der Waals surface area contributed by atoms with Crippen molar-refractivity contribution in [3.05, 3.63) is 95.2 Å². The van der Waals surface area contributed by atoms with Crippen LogP contribution in [0.4, 0.5) is 5.69 Å². The van der Waals surface area contributed by atoms with Crippen molar-refractivity contribution in [2.75, 3.05) is 11.9 Å². The van der Waals surface area contributed by atoms with Crippen molar-refractivity contribution >= 4 is 34.1 Å². The van der Waals surface area contributed by atoms with Crippen molar-refractivity contribution in [1.82, 2.24) is 4.57 Å². The Morgan fingerprint density at radius 2 is 1.77 bits per heavy atom. The third kappa shape index (κ3) is 3.61. The molecule has 4 aromatic rings. The fourth-order valence-electron chi connectivity index (χ4n) is 4.08. The second-order valence-corrected chi connectivity index (χ2v) is 7.95. The molecule has 0 radical (unpaired) electrons. The zero-order chi connectivity index (χ0) is 21.4. The van der Waals surface area contributed by atoms with E-state index < -0.39 is 0 Å². The van der Waals surface area contributed by atoms with E-state index in [-0.39, 0.29) is 5.91 Å². The number of rotatable bonds is 5. The van der Waals surface area contributed by atoms with Crippen LogP contribution in [-0.2, 0) is 11.3 Å². The minimum atomic E-state index is -0.0592. The lowest BCUT2D eigenvalue weighted by Crippen LogP contribution is -2.07. The summed E-state index contributed by atoms with van der Waals surface area (Å²) in [5, 5.41) is 4.07. The Kier molecular flexibility index (Phi) is 4.83. The molecule has 1 N–H and O–H groups in total. The molecule has 4 nitrogen and oxygen atoms in total. The van der Waals surface area contributed by atoms with E-state index in [0.29, 0.717) is 12.2 Å². The Morgan fingerprint density at radius 1 is 0.968 bits per heavy atom. The van der Waals surface area contributed by atoms with Gasteiger partial charge in [0.15, 0.2) is 0 Å². The highest BCUT2D eigenvalue weighted by molar-refractivity contribution is 6.35.